The zero-order chi connectivity index (χ0) is 13.2. The number of allylic oxidation sites excluding steroid dienone is 2. The maximum atomic E-state index is 8.86. The molecule has 0 saturated heterocycles. The molecule has 0 radical (unpaired) electrons. The van der Waals surface area contributed by atoms with Crippen LogP contribution in [0, 0.1) is 22.7 Å². The van der Waals surface area contributed by atoms with Crippen LogP contribution >= 0.6 is 0 Å². The van der Waals surface area contributed by atoms with Crippen LogP contribution in [0.4, 0.5) is 0 Å². The summed E-state index contributed by atoms with van der Waals surface area (Å²) in [5, 5.41) is 8.86. The molecule has 94 valence electrons. The van der Waals surface area contributed by atoms with E-state index in [4.69, 9.17) is 5.26 Å². The van der Waals surface area contributed by atoms with Crippen molar-refractivity contribution < 1.29 is 0 Å². The van der Waals surface area contributed by atoms with E-state index in [0.717, 1.165) is 5.56 Å². The minimum Gasteiger partial charge on any atom is -0.192 e. The highest BCUT2D eigenvalue weighted by molar-refractivity contribution is 5.69. The van der Waals surface area contributed by atoms with Gasteiger partial charge in [-0.15, -0.1) is 0 Å². The number of hydrogen-bond donors (Lipinski definition) is 0. The fourth-order valence-corrected chi connectivity index (χ4v) is 2.83. The Morgan fingerprint density at radius 2 is 1.83 bits per heavy atom. The Kier molecular flexibility index (Phi) is 3.57. The van der Waals surface area contributed by atoms with Gasteiger partial charge in [-0.05, 0) is 53.9 Å². The number of rotatable bonds is 1. The fraction of sp³-hybridized carbons (Fsp3) is 0.471. The van der Waals surface area contributed by atoms with Gasteiger partial charge in [0.05, 0.1) is 11.6 Å². The maximum Gasteiger partial charge on any atom is 0.0991 e. The predicted molar refractivity (Wildman–Crippen MR) is 75.9 cm³/mol. The molecule has 1 atom stereocenters. The van der Waals surface area contributed by atoms with Crippen molar-refractivity contribution in [1.82, 2.24) is 0 Å². The third-order valence-corrected chi connectivity index (χ3v) is 3.83. The van der Waals surface area contributed by atoms with E-state index in [1.165, 1.54) is 30.4 Å². The lowest BCUT2D eigenvalue weighted by Gasteiger charge is -2.35. The predicted octanol–water partition coefficient (Wildman–Crippen LogP) is 4.79. The molecule has 0 amide bonds. The van der Waals surface area contributed by atoms with Crippen molar-refractivity contribution in [2.75, 3.05) is 0 Å². The molecule has 1 aromatic rings. The molecule has 0 spiro atoms. The molecular weight excluding hydrogens is 218 g/mol. The molecule has 0 N–H and O–H groups in total. The van der Waals surface area contributed by atoms with Crippen LogP contribution in [0.1, 0.15) is 51.2 Å². The molecule has 1 unspecified atom stereocenters. The van der Waals surface area contributed by atoms with Crippen molar-refractivity contribution in [1.29, 1.82) is 5.26 Å². The summed E-state index contributed by atoms with van der Waals surface area (Å²) >= 11 is 0. The van der Waals surface area contributed by atoms with Crippen molar-refractivity contribution in [2.45, 2.75) is 40.0 Å². The van der Waals surface area contributed by atoms with Gasteiger partial charge in [-0.3, -0.25) is 0 Å². The van der Waals surface area contributed by atoms with E-state index in [1.807, 2.05) is 12.1 Å². The number of nitrogens with zero attached hydrogens (tertiary/aromatic N) is 1. The molecule has 1 aliphatic rings. The lowest BCUT2D eigenvalue weighted by atomic mass is 9.69. The van der Waals surface area contributed by atoms with E-state index < -0.39 is 0 Å². The van der Waals surface area contributed by atoms with Crippen LogP contribution in [0.15, 0.2) is 30.3 Å². The van der Waals surface area contributed by atoms with Crippen LogP contribution in [0.3, 0.4) is 0 Å². The second kappa shape index (κ2) is 4.98. The molecule has 1 nitrogen and oxygen atoms in total. The molecule has 1 heteroatoms. The first-order valence-corrected chi connectivity index (χ1v) is 6.73. The second-order valence-electron chi connectivity index (χ2n) is 6.20. The summed E-state index contributed by atoms with van der Waals surface area (Å²) in [5.74, 6) is 0.624. The van der Waals surface area contributed by atoms with E-state index in [9.17, 15) is 0 Å². The lowest BCUT2D eigenvalue weighted by molar-refractivity contribution is 0.278. The molecule has 1 aromatic carbocycles. The smallest absolute Gasteiger partial charge is 0.0991 e. The Bertz CT molecular complexity index is 480. The average Bonchev–Trinajstić information content (AvgIpc) is 2.38. The highest BCUT2D eigenvalue weighted by Gasteiger charge is 2.29. The van der Waals surface area contributed by atoms with Crippen LogP contribution in [0.25, 0.3) is 5.57 Å². The molecule has 0 saturated carbocycles. The molecule has 18 heavy (non-hydrogen) atoms. The molecular formula is C17H21N. The fourth-order valence-electron chi connectivity index (χ4n) is 2.83. The van der Waals surface area contributed by atoms with Gasteiger partial charge in [0, 0.05) is 0 Å². The summed E-state index contributed by atoms with van der Waals surface area (Å²) in [5.41, 5.74) is 3.80. The van der Waals surface area contributed by atoms with E-state index in [-0.39, 0.29) is 0 Å². The van der Waals surface area contributed by atoms with Gasteiger partial charge < -0.3 is 0 Å². The van der Waals surface area contributed by atoms with Gasteiger partial charge in [-0.2, -0.15) is 5.26 Å². The van der Waals surface area contributed by atoms with Gasteiger partial charge in [-0.25, -0.2) is 0 Å². The van der Waals surface area contributed by atoms with Gasteiger partial charge in [0.2, 0.25) is 0 Å². The first kappa shape index (κ1) is 12.9. The van der Waals surface area contributed by atoms with E-state index in [0.29, 0.717) is 11.3 Å². The Morgan fingerprint density at radius 1 is 1.17 bits per heavy atom. The zero-order valence-electron chi connectivity index (χ0n) is 11.5. The Hall–Kier alpha value is -1.55. The summed E-state index contributed by atoms with van der Waals surface area (Å²) in [7, 11) is 0. The maximum absolute atomic E-state index is 8.86. The number of benzene rings is 1. The molecule has 0 fully saturated rings. The normalized spacial score (nSPS) is 20.1. The van der Waals surface area contributed by atoms with Crippen molar-refractivity contribution in [3.63, 3.8) is 0 Å². The highest BCUT2D eigenvalue weighted by atomic mass is 14.3. The molecule has 1 aliphatic carbocycles. The Balaban J connectivity index is 2.35. The monoisotopic (exact) mass is 239 g/mol. The molecule has 0 aromatic heterocycles. The largest absolute Gasteiger partial charge is 0.192 e. The first-order valence-electron chi connectivity index (χ1n) is 6.73. The summed E-state index contributed by atoms with van der Waals surface area (Å²) in [6.45, 7) is 6.96. The van der Waals surface area contributed by atoms with Crippen LogP contribution in [-0.2, 0) is 0 Å². The van der Waals surface area contributed by atoms with Gasteiger partial charge in [0.25, 0.3) is 0 Å². The summed E-state index contributed by atoms with van der Waals surface area (Å²) < 4.78 is 0. The number of nitriles is 1. The average molecular weight is 239 g/mol. The second-order valence-corrected chi connectivity index (χ2v) is 6.20. The van der Waals surface area contributed by atoms with Crippen LogP contribution in [0.5, 0.6) is 0 Å². The minimum atomic E-state index is 0.306. The molecule has 0 bridgehead atoms. The van der Waals surface area contributed by atoms with Crippen molar-refractivity contribution >= 4 is 5.57 Å². The highest BCUT2D eigenvalue weighted by Crippen LogP contribution is 2.43. The van der Waals surface area contributed by atoms with Gasteiger partial charge in [-0.1, -0.05) is 39.0 Å². The van der Waals surface area contributed by atoms with Gasteiger partial charge in [0.15, 0.2) is 0 Å². The standard InChI is InChI=1S/C17H21N/c1-17(2,3)16-7-5-4-6-15(16)14-10-8-13(12-18)9-11-14/h6,8-11,16H,4-5,7H2,1-3H3. The van der Waals surface area contributed by atoms with Crippen LogP contribution in [0.2, 0.25) is 0 Å². The molecule has 0 heterocycles. The van der Waals surface area contributed by atoms with Crippen molar-refractivity contribution in [2.24, 2.45) is 11.3 Å². The minimum absolute atomic E-state index is 0.306. The number of hydrogen-bond acceptors (Lipinski definition) is 1. The molecule has 2 rings (SSSR count). The Morgan fingerprint density at radius 3 is 2.39 bits per heavy atom. The molecule has 0 aliphatic heterocycles. The lowest BCUT2D eigenvalue weighted by Crippen LogP contribution is -2.23. The van der Waals surface area contributed by atoms with Gasteiger partial charge in [0.1, 0.15) is 0 Å². The quantitative estimate of drug-likeness (QED) is 0.691. The van der Waals surface area contributed by atoms with E-state index in [1.54, 1.807) is 0 Å². The third kappa shape index (κ3) is 2.64. The summed E-state index contributed by atoms with van der Waals surface area (Å²) in [4.78, 5) is 0. The third-order valence-electron chi connectivity index (χ3n) is 3.83. The Labute approximate surface area is 110 Å². The van der Waals surface area contributed by atoms with Crippen molar-refractivity contribution in [3.05, 3.63) is 41.5 Å². The van der Waals surface area contributed by atoms with Crippen molar-refractivity contribution in [3.8, 4) is 6.07 Å². The summed E-state index contributed by atoms with van der Waals surface area (Å²) in [6, 6.07) is 10.2. The van der Waals surface area contributed by atoms with Crippen LogP contribution in [-0.4, -0.2) is 0 Å². The van der Waals surface area contributed by atoms with E-state index in [2.05, 4.69) is 45.0 Å². The first-order chi connectivity index (χ1) is 8.52. The summed E-state index contributed by atoms with van der Waals surface area (Å²) in [6.07, 6.45) is 6.14. The van der Waals surface area contributed by atoms with E-state index >= 15 is 0 Å². The zero-order valence-corrected chi connectivity index (χ0v) is 11.5. The van der Waals surface area contributed by atoms with Gasteiger partial charge >= 0.3 is 0 Å². The van der Waals surface area contributed by atoms with Crippen LogP contribution < -0.4 is 0 Å². The SMILES string of the molecule is CC(C)(C)C1CCCC=C1c1ccc(C#N)cc1. The topological polar surface area (TPSA) is 23.8 Å².